The minimum Gasteiger partial charge on any atom is -0.350 e. The molecule has 1 aromatic heterocycles. The predicted octanol–water partition coefficient (Wildman–Crippen LogP) is 0.733. The summed E-state index contributed by atoms with van der Waals surface area (Å²) in [4.78, 5) is 21.2. The Labute approximate surface area is 90.2 Å². The summed E-state index contributed by atoms with van der Waals surface area (Å²) in [6, 6.07) is 1.11. The zero-order valence-electron chi connectivity index (χ0n) is 8.10. The van der Waals surface area contributed by atoms with Gasteiger partial charge in [0.05, 0.1) is 10.5 Å². The van der Waals surface area contributed by atoms with Crippen molar-refractivity contribution in [3.63, 3.8) is 0 Å². The number of carbonyl (C=O) groups is 1. The molecule has 1 atom stereocenters. The lowest BCUT2D eigenvalue weighted by Crippen LogP contribution is -2.34. The highest BCUT2D eigenvalue weighted by Crippen LogP contribution is 2.22. The van der Waals surface area contributed by atoms with E-state index in [-0.39, 0.29) is 17.0 Å². The van der Waals surface area contributed by atoms with Crippen molar-refractivity contribution in [1.29, 1.82) is 0 Å². The summed E-state index contributed by atoms with van der Waals surface area (Å²) in [6.45, 7) is 2.11. The third-order valence-electron chi connectivity index (χ3n) is 1.61. The van der Waals surface area contributed by atoms with Crippen molar-refractivity contribution in [2.45, 2.75) is 13.0 Å². The number of hydrogen-bond donors (Lipinski definition) is 2. The Balaban J connectivity index is 2.62. The fourth-order valence-corrected chi connectivity index (χ4v) is 1.60. The minimum absolute atomic E-state index is 0.0408. The Morgan fingerprint density at radius 2 is 2.47 bits per heavy atom. The molecule has 1 heterocycles. The molecule has 0 saturated heterocycles. The average molecular weight is 229 g/mol. The molecule has 3 N–H and O–H groups in total. The van der Waals surface area contributed by atoms with Crippen molar-refractivity contribution in [1.82, 2.24) is 5.32 Å². The van der Waals surface area contributed by atoms with E-state index in [0.29, 0.717) is 12.1 Å². The first-order valence-corrected chi connectivity index (χ1v) is 5.15. The van der Waals surface area contributed by atoms with E-state index in [1.165, 1.54) is 11.4 Å². The second-order valence-electron chi connectivity index (χ2n) is 3.12. The van der Waals surface area contributed by atoms with E-state index < -0.39 is 4.92 Å². The van der Waals surface area contributed by atoms with Crippen LogP contribution in [0.5, 0.6) is 0 Å². The van der Waals surface area contributed by atoms with Crippen molar-refractivity contribution in [3.8, 4) is 0 Å². The summed E-state index contributed by atoms with van der Waals surface area (Å²) in [7, 11) is 0. The topological polar surface area (TPSA) is 98.3 Å². The van der Waals surface area contributed by atoms with Gasteiger partial charge in [0.25, 0.3) is 5.91 Å². The molecule has 1 rings (SSSR count). The van der Waals surface area contributed by atoms with E-state index in [1.807, 2.05) is 0 Å². The Morgan fingerprint density at radius 3 is 2.93 bits per heavy atom. The van der Waals surface area contributed by atoms with Gasteiger partial charge >= 0.3 is 5.00 Å². The number of nitro groups is 1. The van der Waals surface area contributed by atoms with Crippen LogP contribution in [0.1, 0.15) is 17.3 Å². The van der Waals surface area contributed by atoms with Crippen LogP contribution in [-0.2, 0) is 0 Å². The largest absolute Gasteiger partial charge is 0.350 e. The number of nitrogens with one attached hydrogen (secondary N) is 1. The predicted molar refractivity (Wildman–Crippen MR) is 57.0 cm³/mol. The molecule has 0 aliphatic rings. The maximum absolute atomic E-state index is 11.4. The smallest absolute Gasteiger partial charge is 0.324 e. The van der Waals surface area contributed by atoms with Crippen molar-refractivity contribution in [2.75, 3.05) is 6.54 Å². The lowest BCUT2D eigenvalue weighted by atomic mass is 10.3. The molecule has 7 heteroatoms. The van der Waals surface area contributed by atoms with Crippen LogP contribution in [0.4, 0.5) is 5.00 Å². The standard InChI is InChI=1S/C8H11N3O3S/c1-5(9)3-10-8(12)6-2-7(11(13)14)15-4-6/h2,4-5H,3,9H2,1H3,(H,10,12). The highest BCUT2D eigenvalue weighted by Gasteiger charge is 2.14. The second-order valence-corrected chi connectivity index (χ2v) is 4.01. The zero-order chi connectivity index (χ0) is 11.4. The van der Waals surface area contributed by atoms with Gasteiger partial charge in [-0.2, -0.15) is 0 Å². The van der Waals surface area contributed by atoms with Crippen molar-refractivity contribution >= 4 is 22.2 Å². The first-order chi connectivity index (χ1) is 7.00. The molecule has 15 heavy (non-hydrogen) atoms. The van der Waals surface area contributed by atoms with Crippen LogP contribution in [0, 0.1) is 10.1 Å². The van der Waals surface area contributed by atoms with Gasteiger partial charge in [-0.05, 0) is 6.92 Å². The minimum atomic E-state index is -0.521. The van der Waals surface area contributed by atoms with E-state index in [9.17, 15) is 14.9 Å². The summed E-state index contributed by atoms with van der Waals surface area (Å²) >= 11 is 0.929. The number of thiophene rings is 1. The summed E-state index contributed by atoms with van der Waals surface area (Å²) in [6.07, 6.45) is 0. The molecule has 0 aliphatic carbocycles. The molecule has 1 aromatic rings. The average Bonchev–Trinajstić information content (AvgIpc) is 2.62. The molecule has 0 radical (unpaired) electrons. The van der Waals surface area contributed by atoms with Crippen molar-refractivity contribution in [2.24, 2.45) is 5.73 Å². The van der Waals surface area contributed by atoms with Gasteiger partial charge in [-0.1, -0.05) is 11.3 Å². The Kier molecular flexibility index (Phi) is 3.75. The third kappa shape index (κ3) is 3.30. The van der Waals surface area contributed by atoms with Gasteiger partial charge in [0, 0.05) is 24.0 Å². The van der Waals surface area contributed by atoms with Crippen molar-refractivity contribution in [3.05, 3.63) is 27.1 Å². The van der Waals surface area contributed by atoms with Gasteiger partial charge in [-0.3, -0.25) is 14.9 Å². The first kappa shape index (κ1) is 11.6. The van der Waals surface area contributed by atoms with Crippen LogP contribution in [0.3, 0.4) is 0 Å². The van der Waals surface area contributed by atoms with E-state index in [0.717, 1.165) is 11.3 Å². The number of carbonyl (C=O) groups excluding carboxylic acids is 1. The van der Waals surface area contributed by atoms with Gasteiger partial charge < -0.3 is 11.1 Å². The molecule has 0 aromatic carbocycles. The van der Waals surface area contributed by atoms with E-state index in [1.54, 1.807) is 6.92 Å². The van der Waals surface area contributed by atoms with Crippen LogP contribution in [0.25, 0.3) is 0 Å². The van der Waals surface area contributed by atoms with Gasteiger partial charge in [-0.15, -0.1) is 0 Å². The van der Waals surface area contributed by atoms with Crippen molar-refractivity contribution < 1.29 is 9.72 Å². The molecule has 0 bridgehead atoms. The number of nitrogens with zero attached hydrogens (tertiary/aromatic N) is 1. The summed E-state index contributed by atoms with van der Waals surface area (Å²) in [5, 5.41) is 14.4. The molecule has 82 valence electrons. The molecule has 1 unspecified atom stereocenters. The van der Waals surface area contributed by atoms with Gasteiger partial charge in [0.15, 0.2) is 0 Å². The lowest BCUT2D eigenvalue weighted by molar-refractivity contribution is -0.380. The van der Waals surface area contributed by atoms with E-state index >= 15 is 0 Å². The van der Waals surface area contributed by atoms with Crippen LogP contribution < -0.4 is 11.1 Å². The maximum atomic E-state index is 11.4. The quantitative estimate of drug-likeness (QED) is 0.587. The molecule has 0 fully saturated rings. The molecule has 1 amide bonds. The zero-order valence-corrected chi connectivity index (χ0v) is 8.91. The summed E-state index contributed by atoms with van der Waals surface area (Å²) in [5.41, 5.74) is 5.75. The number of rotatable bonds is 4. The highest BCUT2D eigenvalue weighted by molar-refractivity contribution is 7.13. The van der Waals surface area contributed by atoms with E-state index in [4.69, 9.17) is 5.73 Å². The lowest BCUT2D eigenvalue weighted by Gasteiger charge is -2.05. The fraction of sp³-hybridized carbons (Fsp3) is 0.375. The Bertz CT molecular complexity index is 375. The maximum Gasteiger partial charge on any atom is 0.324 e. The Hall–Kier alpha value is -1.47. The van der Waals surface area contributed by atoms with E-state index in [2.05, 4.69) is 5.32 Å². The van der Waals surface area contributed by atoms with Crippen LogP contribution in [0.2, 0.25) is 0 Å². The van der Waals surface area contributed by atoms with Crippen LogP contribution in [-0.4, -0.2) is 23.4 Å². The number of hydrogen-bond acceptors (Lipinski definition) is 5. The SMILES string of the molecule is CC(N)CNC(=O)c1csc([N+](=O)[O-])c1. The summed E-state index contributed by atoms with van der Waals surface area (Å²) in [5.74, 6) is -0.336. The van der Waals surface area contributed by atoms with Gasteiger partial charge in [0.1, 0.15) is 0 Å². The first-order valence-electron chi connectivity index (χ1n) is 4.27. The van der Waals surface area contributed by atoms with Crippen LogP contribution >= 0.6 is 11.3 Å². The molecule has 0 aliphatic heterocycles. The molecular weight excluding hydrogens is 218 g/mol. The highest BCUT2D eigenvalue weighted by atomic mass is 32.1. The number of nitrogens with two attached hydrogens (primary N) is 1. The molecular formula is C8H11N3O3S. The summed E-state index contributed by atoms with van der Waals surface area (Å²) < 4.78 is 0. The molecule has 6 nitrogen and oxygen atoms in total. The normalized spacial score (nSPS) is 12.1. The van der Waals surface area contributed by atoms with Gasteiger partial charge in [-0.25, -0.2) is 0 Å². The Morgan fingerprint density at radius 1 is 1.80 bits per heavy atom. The number of amides is 1. The second kappa shape index (κ2) is 4.85. The molecule has 0 spiro atoms. The van der Waals surface area contributed by atoms with Crippen LogP contribution in [0.15, 0.2) is 11.4 Å². The third-order valence-corrected chi connectivity index (χ3v) is 2.49. The fourth-order valence-electron chi connectivity index (χ4n) is 0.895. The van der Waals surface area contributed by atoms with Gasteiger partial charge in [0.2, 0.25) is 0 Å². The monoisotopic (exact) mass is 229 g/mol. The molecule has 0 saturated carbocycles.